The maximum atomic E-state index is 9.74. The van der Waals surface area contributed by atoms with E-state index in [-0.39, 0.29) is 5.75 Å². The van der Waals surface area contributed by atoms with E-state index < -0.39 is 0 Å². The van der Waals surface area contributed by atoms with Crippen LogP contribution in [0.2, 0.25) is 5.02 Å². The summed E-state index contributed by atoms with van der Waals surface area (Å²) < 4.78 is 0. The average Bonchev–Trinajstić information content (AvgIpc) is 2.34. The molecule has 2 rings (SSSR count). The predicted octanol–water partition coefficient (Wildman–Crippen LogP) is 3.25. The van der Waals surface area contributed by atoms with Gasteiger partial charge >= 0.3 is 0 Å². The largest absolute Gasteiger partial charge is 0.506 e. The van der Waals surface area contributed by atoms with Crippen molar-refractivity contribution in [3.05, 3.63) is 47.1 Å². The fraction of sp³-hybridized carbons (Fsp3) is 0.214. The standard InChI is InChI=1S/C14H16ClN3O/c1-18(2)9-10-3-6-14(16-8-10)17-12-5-4-11(15)7-13(12)19/h3-8,19H,9H2,1-2H3,(H,16,17). The number of hydrogen-bond donors (Lipinski definition) is 2. The third kappa shape index (κ3) is 3.84. The molecule has 0 bridgehead atoms. The number of phenols is 1. The summed E-state index contributed by atoms with van der Waals surface area (Å²) in [4.78, 5) is 6.39. The number of phenolic OH excluding ortho intramolecular Hbond substituents is 1. The van der Waals surface area contributed by atoms with E-state index in [1.165, 1.54) is 6.07 Å². The van der Waals surface area contributed by atoms with Gasteiger partial charge in [0.15, 0.2) is 0 Å². The van der Waals surface area contributed by atoms with Gasteiger partial charge in [-0.15, -0.1) is 0 Å². The molecule has 0 radical (unpaired) electrons. The number of rotatable bonds is 4. The Hall–Kier alpha value is -1.78. The van der Waals surface area contributed by atoms with Gasteiger partial charge in [-0.05, 0) is 37.9 Å². The number of hydrogen-bond acceptors (Lipinski definition) is 4. The van der Waals surface area contributed by atoms with Gasteiger partial charge in [-0.2, -0.15) is 0 Å². The smallest absolute Gasteiger partial charge is 0.140 e. The molecule has 0 spiro atoms. The Bertz CT molecular complexity index is 555. The zero-order valence-electron chi connectivity index (χ0n) is 10.9. The molecular weight excluding hydrogens is 262 g/mol. The molecule has 100 valence electrons. The summed E-state index contributed by atoms with van der Waals surface area (Å²) in [5, 5.41) is 13.3. The highest BCUT2D eigenvalue weighted by atomic mass is 35.5. The summed E-state index contributed by atoms with van der Waals surface area (Å²) in [6, 6.07) is 8.80. The van der Waals surface area contributed by atoms with Crippen LogP contribution >= 0.6 is 11.6 Å². The maximum Gasteiger partial charge on any atom is 0.140 e. The molecule has 0 aliphatic rings. The summed E-state index contributed by atoms with van der Waals surface area (Å²) in [7, 11) is 4.02. The zero-order chi connectivity index (χ0) is 13.8. The van der Waals surface area contributed by atoms with Crippen LogP contribution in [-0.4, -0.2) is 29.1 Å². The van der Waals surface area contributed by atoms with Crippen molar-refractivity contribution in [2.45, 2.75) is 6.54 Å². The molecule has 0 aliphatic carbocycles. The van der Waals surface area contributed by atoms with E-state index in [0.717, 1.165) is 12.1 Å². The molecule has 1 aromatic carbocycles. The van der Waals surface area contributed by atoms with Crippen molar-refractivity contribution in [2.75, 3.05) is 19.4 Å². The van der Waals surface area contributed by atoms with Crippen LogP contribution < -0.4 is 5.32 Å². The predicted molar refractivity (Wildman–Crippen MR) is 78.0 cm³/mol. The number of aromatic nitrogens is 1. The first kappa shape index (κ1) is 13.6. The molecule has 19 heavy (non-hydrogen) atoms. The highest BCUT2D eigenvalue weighted by Crippen LogP contribution is 2.28. The quantitative estimate of drug-likeness (QED) is 0.843. The lowest BCUT2D eigenvalue weighted by Gasteiger charge is -2.11. The Morgan fingerprint density at radius 2 is 2.05 bits per heavy atom. The van der Waals surface area contributed by atoms with E-state index in [1.807, 2.05) is 32.4 Å². The van der Waals surface area contributed by atoms with Crippen molar-refractivity contribution in [1.29, 1.82) is 0 Å². The first-order chi connectivity index (χ1) is 9.04. The number of halogens is 1. The van der Waals surface area contributed by atoms with Crippen LogP contribution in [0.5, 0.6) is 5.75 Å². The van der Waals surface area contributed by atoms with E-state index in [9.17, 15) is 5.11 Å². The van der Waals surface area contributed by atoms with E-state index in [0.29, 0.717) is 16.5 Å². The van der Waals surface area contributed by atoms with Crippen LogP contribution in [0.25, 0.3) is 0 Å². The fourth-order valence-corrected chi connectivity index (χ4v) is 1.87. The Morgan fingerprint density at radius 1 is 1.26 bits per heavy atom. The third-order valence-electron chi connectivity index (χ3n) is 2.55. The minimum absolute atomic E-state index is 0.103. The van der Waals surface area contributed by atoms with E-state index in [1.54, 1.807) is 12.1 Å². The van der Waals surface area contributed by atoms with Crippen molar-refractivity contribution in [3.8, 4) is 5.75 Å². The second kappa shape index (κ2) is 5.91. The van der Waals surface area contributed by atoms with Crippen LogP contribution in [0.4, 0.5) is 11.5 Å². The summed E-state index contributed by atoms with van der Waals surface area (Å²) in [6.07, 6.45) is 1.81. The van der Waals surface area contributed by atoms with Gasteiger partial charge in [0.05, 0.1) is 5.69 Å². The summed E-state index contributed by atoms with van der Waals surface area (Å²) in [5.74, 6) is 0.784. The second-order valence-corrected chi connectivity index (χ2v) is 5.01. The van der Waals surface area contributed by atoms with E-state index in [2.05, 4.69) is 15.2 Å². The highest BCUT2D eigenvalue weighted by molar-refractivity contribution is 6.30. The van der Waals surface area contributed by atoms with Crippen molar-refractivity contribution in [3.63, 3.8) is 0 Å². The number of benzene rings is 1. The van der Waals surface area contributed by atoms with Gasteiger partial charge in [0.1, 0.15) is 11.6 Å². The van der Waals surface area contributed by atoms with Gasteiger partial charge in [0.25, 0.3) is 0 Å². The first-order valence-corrected chi connectivity index (χ1v) is 6.27. The number of aromatic hydroxyl groups is 1. The van der Waals surface area contributed by atoms with Gasteiger partial charge in [-0.1, -0.05) is 17.7 Å². The molecule has 2 N–H and O–H groups in total. The molecule has 0 amide bonds. The van der Waals surface area contributed by atoms with Gasteiger partial charge in [0, 0.05) is 23.8 Å². The highest BCUT2D eigenvalue weighted by Gasteiger charge is 2.03. The van der Waals surface area contributed by atoms with Crippen molar-refractivity contribution < 1.29 is 5.11 Å². The lowest BCUT2D eigenvalue weighted by molar-refractivity contribution is 0.402. The minimum Gasteiger partial charge on any atom is -0.506 e. The third-order valence-corrected chi connectivity index (χ3v) is 2.78. The fourth-order valence-electron chi connectivity index (χ4n) is 1.71. The minimum atomic E-state index is 0.103. The molecule has 0 saturated carbocycles. The molecular formula is C14H16ClN3O. The van der Waals surface area contributed by atoms with Gasteiger partial charge in [0.2, 0.25) is 0 Å². The monoisotopic (exact) mass is 277 g/mol. The van der Waals surface area contributed by atoms with Crippen LogP contribution in [0.3, 0.4) is 0 Å². The second-order valence-electron chi connectivity index (χ2n) is 4.58. The zero-order valence-corrected chi connectivity index (χ0v) is 11.6. The van der Waals surface area contributed by atoms with Crippen molar-refractivity contribution >= 4 is 23.1 Å². The first-order valence-electron chi connectivity index (χ1n) is 5.90. The lowest BCUT2D eigenvalue weighted by atomic mass is 10.2. The van der Waals surface area contributed by atoms with Crippen molar-refractivity contribution in [2.24, 2.45) is 0 Å². The molecule has 0 unspecified atom stereocenters. The van der Waals surface area contributed by atoms with E-state index >= 15 is 0 Å². The van der Waals surface area contributed by atoms with E-state index in [4.69, 9.17) is 11.6 Å². The normalized spacial score (nSPS) is 10.7. The molecule has 0 aliphatic heterocycles. The van der Waals surface area contributed by atoms with Gasteiger partial charge in [-0.25, -0.2) is 4.98 Å². The molecule has 0 fully saturated rings. The van der Waals surface area contributed by atoms with Crippen LogP contribution in [0.1, 0.15) is 5.56 Å². The SMILES string of the molecule is CN(C)Cc1ccc(Nc2ccc(Cl)cc2O)nc1. The molecule has 4 nitrogen and oxygen atoms in total. The Morgan fingerprint density at radius 3 is 2.63 bits per heavy atom. The lowest BCUT2D eigenvalue weighted by Crippen LogP contribution is -2.10. The van der Waals surface area contributed by atoms with Crippen LogP contribution in [0, 0.1) is 0 Å². The summed E-state index contributed by atoms with van der Waals surface area (Å²) in [5.41, 5.74) is 1.72. The molecule has 0 atom stereocenters. The van der Waals surface area contributed by atoms with Crippen LogP contribution in [0.15, 0.2) is 36.5 Å². The maximum absolute atomic E-state index is 9.74. The molecule has 1 aromatic heterocycles. The molecule has 5 heteroatoms. The average molecular weight is 278 g/mol. The Balaban J connectivity index is 2.10. The summed E-state index contributed by atoms with van der Waals surface area (Å²) >= 11 is 5.78. The van der Waals surface area contributed by atoms with Gasteiger partial charge < -0.3 is 15.3 Å². The number of pyridine rings is 1. The molecule has 0 saturated heterocycles. The topological polar surface area (TPSA) is 48.4 Å². The Kier molecular flexibility index (Phi) is 4.24. The number of anilines is 2. The molecule has 1 heterocycles. The van der Waals surface area contributed by atoms with Crippen molar-refractivity contribution in [1.82, 2.24) is 9.88 Å². The van der Waals surface area contributed by atoms with Gasteiger partial charge in [-0.3, -0.25) is 0 Å². The Labute approximate surface area is 117 Å². The molecule has 2 aromatic rings. The van der Waals surface area contributed by atoms with Crippen LogP contribution in [-0.2, 0) is 6.54 Å². The summed E-state index contributed by atoms with van der Waals surface area (Å²) in [6.45, 7) is 0.847. The number of nitrogens with zero attached hydrogens (tertiary/aromatic N) is 2. The number of nitrogens with one attached hydrogen (secondary N) is 1.